The van der Waals surface area contributed by atoms with E-state index in [0.717, 1.165) is 6.42 Å². The molecule has 0 bridgehead atoms. The molecule has 1 aliphatic carbocycles. The summed E-state index contributed by atoms with van der Waals surface area (Å²) in [4.78, 5) is 0. The predicted octanol–water partition coefficient (Wildman–Crippen LogP) is 4.63. The van der Waals surface area contributed by atoms with E-state index >= 15 is 0 Å². The van der Waals surface area contributed by atoms with Gasteiger partial charge in [0.2, 0.25) is 0 Å². The van der Waals surface area contributed by atoms with Crippen molar-refractivity contribution in [2.24, 2.45) is 5.41 Å². The van der Waals surface area contributed by atoms with E-state index in [0.29, 0.717) is 11.5 Å². The van der Waals surface area contributed by atoms with E-state index in [-0.39, 0.29) is 0 Å². The average molecular weight is 231 g/mol. The molecule has 1 nitrogen and oxygen atoms in total. The van der Waals surface area contributed by atoms with E-state index in [1.54, 1.807) is 0 Å². The Kier molecular flexibility index (Phi) is 3.76. The smallest absolute Gasteiger partial charge is 0.0374 e. The van der Waals surface area contributed by atoms with Crippen LogP contribution in [0.25, 0.3) is 0 Å². The molecule has 0 spiro atoms. The maximum Gasteiger partial charge on any atom is 0.0374 e. The second-order valence-corrected chi connectivity index (χ2v) is 6.09. The van der Waals surface area contributed by atoms with E-state index in [1.165, 1.54) is 36.9 Å². The fourth-order valence-corrected chi connectivity index (χ4v) is 2.73. The summed E-state index contributed by atoms with van der Waals surface area (Å²) >= 11 is 0. The van der Waals surface area contributed by atoms with Gasteiger partial charge in [-0.1, -0.05) is 39.0 Å². The predicted molar refractivity (Wildman–Crippen MR) is 75.5 cm³/mol. The quantitative estimate of drug-likeness (QED) is 0.799. The highest BCUT2D eigenvalue weighted by atomic mass is 14.9. The van der Waals surface area contributed by atoms with Crippen molar-refractivity contribution in [1.29, 1.82) is 0 Å². The van der Waals surface area contributed by atoms with E-state index in [1.807, 2.05) is 0 Å². The van der Waals surface area contributed by atoms with Crippen molar-refractivity contribution >= 4 is 5.69 Å². The molecule has 1 saturated carbocycles. The zero-order valence-corrected chi connectivity index (χ0v) is 11.4. The molecule has 94 valence electrons. The van der Waals surface area contributed by atoms with Crippen molar-refractivity contribution < 1.29 is 0 Å². The van der Waals surface area contributed by atoms with Crippen LogP contribution in [0, 0.1) is 5.41 Å². The highest BCUT2D eigenvalue weighted by molar-refractivity contribution is 5.51. The van der Waals surface area contributed by atoms with E-state index in [4.69, 9.17) is 0 Å². The Hall–Kier alpha value is -0.980. The molecule has 1 N–H and O–H groups in total. The van der Waals surface area contributed by atoms with Gasteiger partial charge < -0.3 is 5.32 Å². The van der Waals surface area contributed by atoms with Crippen LogP contribution in [0.2, 0.25) is 0 Å². The number of para-hydroxylation sites is 1. The maximum atomic E-state index is 3.74. The highest BCUT2D eigenvalue weighted by Gasteiger charge is 2.26. The molecule has 17 heavy (non-hydrogen) atoms. The number of rotatable bonds is 3. The van der Waals surface area contributed by atoms with Gasteiger partial charge in [-0.3, -0.25) is 0 Å². The van der Waals surface area contributed by atoms with Crippen LogP contribution >= 0.6 is 0 Å². The van der Waals surface area contributed by atoms with E-state index in [9.17, 15) is 0 Å². The van der Waals surface area contributed by atoms with Crippen molar-refractivity contribution in [3.05, 3.63) is 29.8 Å². The fraction of sp³-hybridized carbons (Fsp3) is 0.625. The van der Waals surface area contributed by atoms with E-state index < -0.39 is 0 Å². The van der Waals surface area contributed by atoms with Crippen LogP contribution < -0.4 is 5.32 Å². The normalized spacial score (nSPS) is 20.2. The largest absolute Gasteiger partial charge is 0.382 e. The number of hydrogen-bond donors (Lipinski definition) is 1. The molecule has 0 radical (unpaired) electrons. The van der Waals surface area contributed by atoms with Gasteiger partial charge in [0, 0.05) is 11.7 Å². The lowest BCUT2D eigenvalue weighted by molar-refractivity contribution is 0.232. The zero-order chi connectivity index (χ0) is 12.3. The Morgan fingerprint density at radius 2 is 1.82 bits per heavy atom. The number of benzene rings is 1. The fourth-order valence-electron chi connectivity index (χ4n) is 2.73. The first-order valence-corrected chi connectivity index (χ1v) is 6.95. The molecule has 1 fully saturated rings. The summed E-state index contributed by atoms with van der Waals surface area (Å²) in [7, 11) is 0. The van der Waals surface area contributed by atoms with Crippen LogP contribution in [0.1, 0.15) is 52.0 Å². The minimum absolute atomic E-state index is 0.558. The highest BCUT2D eigenvalue weighted by Crippen LogP contribution is 2.36. The van der Waals surface area contributed by atoms with Gasteiger partial charge in [0.1, 0.15) is 0 Å². The summed E-state index contributed by atoms with van der Waals surface area (Å²) in [6.07, 6.45) is 6.43. The SMILES string of the molecule is CCc1ccccc1NC1CCC(C)(C)CC1. The minimum atomic E-state index is 0.558. The molecular weight excluding hydrogens is 206 g/mol. The molecule has 1 heteroatoms. The van der Waals surface area contributed by atoms with Crippen molar-refractivity contribution in [3.8, 4) is 0 Å². The van der Waals surface area contributed by atoms with Gasteiger partial charge in [0.25, 0.3) is 0 Å². The second-order valence-electron chi connectivity index (χ2n) is 6.09. The molecule has 1 aromatic rings. The summed E-state index contributed by atoms with van der Waals surface area (Å²) in [5.41, 5.74) is 3.35. The molecule has 1 aromatic carbocycles. The molecule has 1 aliphatic rings. The van der Waals surface area contributed by atoms with Crippen molar-refractivity contribution in [2.75, 3.05) is 5.32 Å². The number of anilines is 1. The monoisotopic (exact) mass is 231 g/mol. The lowest BCUT2D eigenvalue weighted by Gasteiger charge is -2.35. The topological polar surface area (TPSA) is 12.0 Å². The van der Waals surface area contributed by atoms with Gasteiger partial charge in [0.05, 0.1) is 0 Å². The third-order valence-electron chi connectivity index (χ3n) is 4.10. The lowest BCUT2D eigenvalue weighted by Crippen LogP contribution is -2.30. The summed E-state index contributed by atoms with van der Waals surface area (Å²) < 4.78 is 0. The van der Waals surface area contributed by atoms with Crippen LogP contribution in [0.15, 0.2) is 24.3 Å². The molecular formula is C16H25N. The van der Waals surface area contributed by atoms with Crippen molar-refractivity contribution in [2.45, 2.75) is 58.9 Å². The molecule has 0 saturated heterocycles. The minimum Gasteiger partial charge on any atom is -0.382 e. The van der Waals surface area contributed by atoms with Crippen LogP contribution in [0.5, 0.6) is 0 Å². The van der Waals surface area contributed by atoms with Crippen LogP contribution in [0.3, 0.4) is 0 Å². The van der Waals surface area contributed by atoms with Crippen LogP contribution in [-0.2, 0) is 6.42 Å². The van der Waals surface area contributed by atoms with Gasteiger partial charge in [-0.05, 0) is 49.1 Å². The van der Waals surface area contributed by atoms with Gasteiger partial charge in [-0.25, -0.2) is 0 Å². The molecule has 0 aromatic heterocycles. The summed E-state index contributed by atoms with van der Waals surface area (Å²) in [6, 6.07) is 9.39. The summed E-state index contributed by atoms with van der Waals surface area (Å²) in [5.74, 6) is 0. The first-order valence-electron chi connectivity index (χ1n) is 6.95. The van der Waals surface area contributed by atoms with Gasteiger partial charge in [-0.15, -0.1) is 0 Å². The van der Waals surface area contributed by atoms with Gasteiger partial charge in [0.15, 0.2) is 0 Å². The second kappa shape index (κ2) is 5.12. The van der Waals surface area contributed by atoms with Crippen molar-refractivity contribution in [1.82, 2.24) is 0 Å². The average Bonchev–Trinajstić information content (AvgIpc) is 2.32. The molecule has 0 heterocycles. The zero-order valence-electron chi connectivity index (χ0n) is 11.4. The molecule has 0 atom stereocenters. The van der Waals surface area contributed by atoms with Gasteiger partial charge in [-0.2, -0.15) is 0 Å². The Morgan fingerprint density at radius 1 is 1.18 bits per heavy atom. The third-order valence-corrected chi connectivity index (χ3v) is 4.10. The number of hydrogen-bond acceptors (Lipinski definition) is 1. The standard InChI is InChI=1S/C16H25N/c1-4-13-7-5-6-8-15(13)17-14-9-11-16(2,3)12-10-14/h5-8,14,17H,4,9-12H2,1-3H3. The lowest BCUT2D eigenvalue weighted by atomic mass is 9.75. The van der Waals surface area contributed by atoms with Crippen LogP contribution in [0.4, 0.5) is 5.69 Å². The Bertz CT molecular complexity index is 358. The van der Waals surface area contributed by atoms with Crippen LogP contribution in [-0.4, -0.2) is 6.04 Å². The molecule has 2 rings (SSSR count). The Balaban J connectivity index is 1.98. The number of nitrogens with one attached hydrogen (secondary N) is 1. The van der Waals surface area contributed by atoms with Crippen molar-refractivity contribution in [3.63, 3.8) is 0 Å². The maximum absolute atomic E-state index is 3.74. The third kappa shape index (κ3) is 3.24. The van der Waals surface area contributed by atoms with E-state index in [2.05, 4.69) is 50.4 Å². The Morgan fingerprint density at radius 3 is 2.47 bits per heavy atom. The number of aryl methyl sites for hydroxylation is 1. The first kappa shape index (κ1) is 12.5. The molecule has 0 unspecified atom stereocenters. The molecule has 0 aliphatic heterocycles. The first-order chi connectivity index (χ1) is 8.11. The summed E-state index contributed by atoms with van der Waals surface area (Å²) in [5, 5.41) is 3.74. The summed E-state index contributed by atoms with van der Waals surface area (Å²) in [6.45, 7) is 7.01. The Labute approximate surface area is 106 Å². The molecule has 0 amide bonds. The van der Waals surface area contributed by atoms with Gasteiger partial charge >= 0.3 is 0 Å².